The Labute approximate surface area is 188 Å². The van der Waals surface area contributed by atoms with Crippen molar-refractivity contribution in [3.8, 4) is 0 Å². The van der Waals surface area contributed by atoms with E-state index in [1.54, 1.807) is 6.07 Å². The summed E-state index contributed by atoms with van der Waals surface area (Å²) in [5.74, 6) is -2.68. The van der Waals surface area contributed by atoms with Crippen LogP contribution in [0.2, 0.25) is 0 Å². The van der Waals surface area contributed by atoms with Crippen LogP contribution in [0.25, 0.3) is 5.76 Å². The van der Waals surface area contributed by atoms with Gasteiger partial charge in [-0.2, -0.15) is 0 Å². The molecule has 1 atom stereocenters. The molecule has 0 aromatic heterocycles. The molecule has 1 unspecified atom stereocenters. The van der Waals surface area contributed by atoms with E-state index in [4.69, 9.17) is 4.74 Å². The number of amides is 1. The SMILES string of the molecule is O=C1C(=O)N(CCN2CCOCC2)C(c2cccc([N+](=O)[O-])c2)/C1=C(\O)c1ccc(F)cc1. The smallest absolute Gasteiger partial charge is 0.295 e. The number of hydrogen-bond donors (Lipinski definition) is 1. The molecule has 2 aromatic rings. The number of nitro groups is 1. The van der Waals surface area contributed by atoms with Gasteiger partial charge in [0.2, 0.25) is 0 Å². The molecule has 0 saturated carbocycles. The van der Waals surface area contributed by atoms with Crippen LogP contribution in [0.1, 0.15) is 17.2 Å². The highest BCUT2D eigenvalue weighted by atomic mass is 19.1. The van der Waals surface area contributed by atoms with Crippen LogP contribution in [-0.2, 0) is 14.3 Å². The molecule has 1 N–H and O–H groups in total. The Morgan fingerprint density at radius 1 is 1.12 bits per heavy atom. The van der Waals surface area contributed by atoms with Crippen LogP contribution in [0.4, 0.5) is 10.1 Å². The predicted molar refractivity (Wildman–Crippen MR) is 116 cm³/mol. The van der Waals surface area contributed by atoms with Crippen molar-refractivity contribution in [2.24, 2.45) is 0 Å². The molecule has 10 heteroatoms. The molecule has 0 radical (unpaired) electrons. The van der Waals surface area contributed by atoms with Gasteiger partial charge in [0.1, 0.15) is 11.6 Å². The first-order valence-corrected chi connectivity index (χ1v) is 10.5. The van der Waals surface area contributed by atoms with Crippen molar-refractivity contribution in [3.63, 3.8) is 0 Å². The van der Waals surface area contributed by atoms with Gasteiger partial charge in [-0.1, -0.05) is 12.1 Å². The van der Waals surface area contributed by atoms with E-state index in [0.717, 1.165) is 12.1 Å². The molecule has 2 fully saturated rings. The quantitative estimate of drug-likeness (QED) is 0.234. The molecule has 2 aliphatic heterocycles. The highest BCUT2D eigenvalue weighted by Crippen LogP contribution is 2.40. The molecular weight excluding hydrogens is 433 g/mol. The molecule has 2 aliphatic rings. The summed E-state index contributed by atoms with van der Waals surface area (Å²) < 4.78 is 18.7. The average molecular weight is 455 g/mol. The van der Waals surface area contributed by atoms with Crippen molar-refractivity contribution in [1.82, 2.24) is 9.80 Å². The lowest BCUT2D eigenvalue weighted by Gasteiger charge is -2.31. The van der Waals surface area contributed by atoms with Gasteiger partial charge in [-0.25, -0.2) is 4.39 Å². The number of aliphatic hydroxyl groups is 1. The Bertz CT molecular complexity index is 1110. The summed E-state index contributed by atoms with van der Waals surface area (Å²) in [7, 11) is 0. The molecule has 0 aliphatic carbocycles. The molecule has 0 bridgehead atoms. The molecule has 2 heterocycles. The lowest BCUT2D eigenvalue weighted by atomic mass is 9.95. The van der Waals surface area contributed by atoms with E-state index in [0.29, 0.717) is 38.4 Å². The van der Waals surface area contributed by atoms with Crippen molar-refractivity contribution in [2.75, 3.05) is 39.4 Å². The molecule has 4 rings (SSSR count). The molecule has 2 saturated heterocycles. The Hall–Kier alpha value is -3.63. The average Bonchev–Trinajstić information content (AvgIpc) is 3.08. The third-order valence-corrected chi connectivity index (χ3v) is 5.82. The van der Waals surface area contributed by atoms with Crippen LogP contribution in [-0.4, -0.2) is 70.9 Å². The summed E-state index contributed by atoms with van der Waals surface area (Å²) in [5, 5.41) is 22.3. The number of benzene rings is 2. The molecule has 9 nitrogen and oxygen atoms in total. The van der Waals surface area contributed by atoms with E-state index in [9.17, 15) is 29.2 Å². The Kier molecular flexibility index (Phi) is 6.47. The minimum absolute atomic E-state index is 0.165. The zero-order valence-corrected chi connectivity index (χ0v) is 17.6. The third kappa shape index (κ3) is 4.62. The van der Waals surface area contributed by atoms with Crippen LogP contribution in [0.5, 0.6) is 0 Å². The molecule has 2 aromatic carbocycles. The molecule has 172 valence electrons. The summed E-state index contributed by atoms with van der Waals surface area (Å²) in [6.07, 6.45) is 0. The predicted octanol–water partition coefficient (Wildman–Crippen LogP) is 2.49. The van der Waals surface area contributed by atoms with E-state index in [2.05, 4.69) is 4.90 Å². The summed E-state index contributed by atoms with van der Waals surface area (Å²) in [6, 6.07) is 9.48. The number of carbonyl (C=O) groups is 2. The number of nitrogens with zero attached hydrogens (tertiary/aromatic N) is 3. The van der Waals surface area contributed by atoms with Gasteiger partial charge in [0.05, 0.1) is 29.8 Å². The van der Waals surface area contributed by atoms with Gasteiger partial charge in [-0.3, -0.25) is 24.6 Å². The second kappa shape index (κ2) is 9.47. The zero-order valence-electron chi connectivity index (χ0n) is 17.6. The van der Waals surface area contributed by atoms with Crippen molar-refractivity contribution in [2.45, 2.75) is 6.04 Å². The normalized spacial score (nSPS) is 20.9. The van der Waals surface area contributed by atoms with Crippen molar-refractivity contribution >= 4 is 23.1 Å². The number of ether oxygens (including phenoxy) is 1. The zero-order chi connectivity index (χ0) is 23.5. The van der Waals surface area contributed by atoms with E-state index in [1.807, 2.05) is 0 Å². The number of non-ortho nitro benzene ring substituents is 1. The molecule has 1 amide bonds. The highest BCUT2D eigenvalue weighted by molar-refractivity contribution is 6.46. The fraction of sp³-hybridized carbons (Fsp3) is 0.304. The molecule has 0 spiro atoms. The highest BCUT2D eigenvalue weighted by Gasteiger charge is 2.46. The van der Waals surface area contributed by atoms with Crippen LogP contribution in [0.3, 0.4) is 0 Å². The fourth-order valence-corrected chi connectivity index (χ4v) is 4.10. The van der Waals surface area contributed by atoms with Crippen molar-refractivity contribution < 1.29 is 28.7 Å². The minimum Gasteiger partial charge on any atom is -0.507 e. The fourth-order valence-electron chi connectivity index (χ4n) is 4.10. The number of nitro benzene ring substituents is 1. The number of likely N-dealkylation sites (tertiary alicyclic amines) is 1. The first-order chi connectivity index (χ1) is 15.9. The number of carbonyl (C=O) groups excluding carboxylic acids is 2. The summed E-state index contributed by atoms with van der Waals surface area (Å²) >= 11 is 0. The number of rotatable bonds is 6. The van der Waals surface area contributed by atoms with Gasteiger partial charge >= 0.3 is 0 Å². The largest absolute Gasteiger partial charge is 0.507 e. The first-order valence-electron chi connectivity index (χ1n) is 10.5. The second-order valence-corrected chi connectivity index (χ2v) is 7.81. The maximum atomic E-state index is 13.4. The van der Waals surface area contributed by atoms with E-state index >= 15 is 0 Å². The lowest BCUT2D eigenvalue weighted by molar-refractivity contribution is -0.384. The number of ketones is 1. The van der Waals surface area contributed by atoms with Crippen LogP contribution < -0.4 is 0 Å². The monoisotopic (exact) mass is 455 g/mol. The van der Waals surface area contributed by atoms with Crippen LogP contribution >= 0.6 is 0 Å². The summed E-state index contributed by atoms with van der Waals surface area (Å²) in [4.78, 5) is 40.1. The number of aliphatic hydroxyl groups excluding tert-OH is 1. The van der Waals surface area contributed by atoms with Crippen molar-refractivity contribution in [1.29, 1.82) is 0 Å². The third-order valence-electron chi connectivity index (χ3n) is 5.82. The molecule has 33 heavy (non-hydrogen) atoms. The number of Topliss-reactive ketones (excluding diaryl/α,β-unsaturated/α-hetero) is 1. The minimum atomic E-state index is -1.02. The van der Waals surface area contributed by atoms with E-state index in [1.165, 1.54) is 35.2 Å². The van der Waals surface area contributed by atoms with Gasteiger partial charge in [-0.15, -0.1) is 0 Å². The Morgan fingerprint density at radius 2 is 1.82 bits per heavy atom. The van der Waals surface area contributed by atoms with Gasteiger partial charge in [0.25, 0.3) is 17.4 Å². The summed E-state index contributed by atoms with van der Waals surface area (Å²) in [5.41, 5.74) is 0.106. The van der Waals surface area contributed by atoms with Gasteiger partial charge in [0, 0.05) is 43.9 Å². The first kappa shape index (κ1) is 22.6. The molecular formula is C23H22FN3O6. The Morgan fingerprint density at radius 3 is 2.48 bits per heavy atom. The van der Waals surface area contributed by atoms with Crippen LogP contribution in [0.15, 0.2) is 54.1 Å². The maximum Gasteiger partial charge on any atom is 0.295 e. The summed E-state index contributed by atoms with van der Waals surface area (Å²) in [6.45, 7) is 3.15. The number of halogens is 1. The van der Waals surface area contributed by atoms with Crippen molar-refractivity contribution in [3.05, 3.63) is 81.2 Å². The van der Waals surface area contributed by atoms with E-state index < -0.39 is 34.2 Å². The topological polar surface area (TPSA) is 113 Å². The number of hydrogen-bond acceptors (Lipinski definition) is 7. The van der Waals surface area contributed by atoms with Gasteiger partial charge in [0.15, 0.2) is 0 Å². The van der Waals surface area contributed by atoms with Gasteiger partial charge < -0.3 is 14.7 Å². The van der Waals surface area contributed by atoms with E-state index in [-0.39, 0.29) is 23.4 Å². The second-order valence-electron chi connectivity index (χ2n) is 7.81. The standard InChI is InChI=1S/C23H22FN3O6/c24-17-6-4-15(5-7-17)21(28)19-20(16-2-1-3-18(14-16)27(31)32)26(23(30)22(19)29)9-8-25-10-12-33-13-11-25/h1-7,14,20,28H,8-13H2/b21-19+. The number of morpholine rings is 1. The van der Waals surface area contributed by atoms with Crippen LogP contribution in [0, 0.1) is 15.9 Å². The maximum absolute atomic E-state index is 13.4. The Balaban J connectivity index is 1.77. The lowest BCUT2D eigenvalue weighted by Crippen LogP contribution is -2.42. The van der Waals surface area contributed by atoms with Gasteiger partial charge in [-0.05, 0) is 29.8 Å².